The summed E-state index contributed by atoms with van der Waals surface area (Å²) >= 11 is 0. The Kier molecular flexibility index (Phi) is 4.22. The molecule has 1 unspecified atom stereocenters. The van der Waals surface area contributed by atoms with Crippen molar-refractivity contribution in [3.63, 3.8) is 0 Å². The molecule has 0 heterocycles. The Morgan fingerprint density at radius 1 is 1.12 bits per heavy atom. The topological polar surface area (TPSA) is 26.0 Å². The van der Waals surface area contributed by atoms with Gasteiger partial charge in [-0.1, -0.05) is 37.5 Å². The van der Waals surface area contributed by atoms with Crippen LogP contribution < -0.4 is 5.73 Å². The highest BCUT2D eigenvalue weighted by atomic mass is 14.6. The lowest BCUT2D eigenvalue weighted by atomic mass is 9.81. The zero-order valence-electron chi connectivity index (χ0n) is 11.2. The number of rotatable bonds is 3. The highest BCUT2D eigenvalue weighted by Gasteiger charge is 2.21. The lowest BCUT2D eigenvalue weighted by molar-refractivity contribution is 0.303. The molecule has 1 fully saturated rings. The van der Waals surface area contributed by atoms with Crippen LogP contribution in [-0.2, 0) is 6.42 Å². The standard InChI is InChI=1S/C16H25N/c1-12-7-6-8-13(2)15(12)11-16(17)14-9-4-3-5-10-14/h6-8,14,16H,3-5,9-11,17H2,1-2H3. The zero-order valence-corrected chi connectivity index (χ0v) is 11.2. The molecule has 1 aromatic rings. The van der Waals surface area contributed by atoms with Crippen LogP contribution in [0.1, 0.15) is 48.8 Å². The van der Waals surface area contributed by atoms with E-state index < -0.39 is 0 Å². The summed E-state index contributed by atoms with van der Waals surface area (Å²) in [6.45, 7) is 4.41. The molecule has 0 aliphatic heterocycles. The molecule has 1 aliphatic rings. The van der Waals surface area contributed by atoms with Crippen molar-refractivity contribution >= 4 is 0 Å². The van der Waals surface area contributed by atoms with Crippen LogP contribution in [0.3, 0.4) is 0 Å². The third-order valence-corrected chi connectivity index (χ3v) is 4.34. The van der Waals surface area contributed by atoms with E-state index in [-0.39, 0.29) is 0 Å². The molecule has 1 aromatic carbocycles. The lowest BCUT2D eigenvalue weighted by Gasteiger charge is -2.28. The SMILES string of the molecule is Cc1cccc(C)c1CC(N)C1CCCCC1. The average molecular weight is 231 g/mol. The minimum Gasteiger partial charge on any atom is -0.327 e. The van der Waals surface area contributed by atoms with Crippen LogP contribution in [0.5, 0.6) is 0 Å². The summed E-state index contributed by atoms with van der Waals surface area (Å²) in [6.07, 6.45) is 7.91. The Hall–Kier alpha value is -0.820. The highest BCUT2D eigenvalue weighted by molar-refractivity contribution is 5.34. The van der Waals surface area contributed by atoms with Crippen molar-refractivity contribution in [2.45, 2.75) is 58.4 Å². The van der Waals surface area contributed by atoms with Crippen LogP contribution in [0.15, 0.2) is 18.2 Å². The maximum absolute atomic E-state index is 6.42. The highest BCUT2D eigenvalue weighted by Crippen LogP contribution is 2.28. The van der Waals surface area contributed by atoms with Gasteiger partial charge in [-0.3, -0.25) is 0 Å². The summed E-state index contributed by atoms with van der Waals surface area (Å²) in [7, 11) is 0. The second-order valence-corrected chi connectivity index (χ2v) is 5.64. The first kappa shape index (κ1) is 12.6. The van der Waals surface area contributed by atoms with Gasteiger partial charge >= 0.3 is 0 Å². The van der Waals surface area contributed by atoms with Gasteiger partial charge in [0.1, 0.15) is 0 Å². The zero-order chi connectivity index (χ0) is 12.3. The van der Waals surface area contributed by atoms with Gasteiger partial charge in [-0.2, -0.15) is 0 Å². The van der Waals surface area contributed by atoms with Crippen LogP contribution in [0.25, 0.3) is 0 Å². The van der Waals surface area contributed by atoms with E-state index >= 15 is 0 Å². The third-order valence-electron chi connectivity index (χ3n) is 4.34. The van der Waals surface area contributed by atoms with Gasteiger partial charge in [0.2, 0.25) is 0 Å². The minimum absolute atomic E-state index is 0.357. The van der Waals surface area contributed by atoms with Crippen LogP contribution in [0.2, 0.25) is 0 Å². The predicted octanol–water partition coefficient (Wildman–Crippen LogP) is 3.75. The van der Waals surface area contributed by atoms with E-state index in [0.29, 0.717) is 6.04 Å². The van der Waals surface area contributed by atoms with Crippen molar-refractivity contribution in [1.29, 1.82) is 0 Å². The van der Waals surface area contributed by atoms with Gasteiger partial charge in [-0.05, 0) is 55.7 Å². The second-order valence-electron chi connectivity index (χ2n) is 5.64. The van der Waals surface area contributed by atoms with Crippen LogP contribution in [-0.4, -0.2) is 6.04 Å². The molecule has 1 atom stereocenters. The smallest absolute Gasteiger partial charge is 0.0108 e. The second kappa shape index (κ2) is 5.68. The Morgan fingerprint density at radius 2 is 1.71 bits per heavy atom. The third kappa shape index (κ3) is 3.10. The van der Waals surface area contributed by atoms with Gasteiger partial charge in [0, 0.05) is 6.04 Å². The van der Waals surface area contributed by atoms with E-state index in [4.69, 9.17) is 5.73 Å². The molecule has 0 spiro atoms. The molecular weight excluding hydrogens is 206 g/mol. The number of benzene rings is 1. The van der Waals surface area contributed by atoms with Crippen molar-refractivity contribution in [3.8, 4) is 0 Å². The summed E-state index contributed by atoms with van der Waals surface area (Å²) in [5.74, 6) is 0.753. The van der Waals surface area contributed by atoms with Gasteiger partial charge < -0.3 is 5.73 Å². The Labute approximate surface area is 105 Å². The maximum atomic E-state index is 6.42. The lowest BCUT2D eigenvalue weighted by Crippen LogP contribution is -2.34. The average Bonchev–Trinajstić information content (AvgIpc) is 2.35. The van der Waals surface area contributed by atoms with E-state index in [1.807, 2.05) is 0 Å². The minimum atomic E-state index is 0.357. The van der Waals surface area contributed by atoms with Crippen LogP contribution >= 0.6 is 0 Å². The number of hydrogen-bond acceptors (Lipinski definition) is 1. The molecular formula is C16H25N. The van der Waals surface area contributed by atoms with Crippen molar-refractivity contribution in [2.24, 2.45) is 11.7 Å². The van der Waals surface area contributed by atoms with Gasteiger partial charge in [0.05, 0.1) is 0 Å². The van der Waals surface area contributed by atoms with E-state index in [1.54, 1.807) is 0 Å². The summed E-state index contributed by atoms with van der Waals surface area (Å²) in [5, 5.41) is 0. The fraction of sp³-hybridized carbons (Fsp3) is 0.625. The number of nitrogens with two attached hydrogens (primary N) is 1. The van der Waals surface area contributed by atoms with Crippen molar-refractivity contribution in [1.82, 2.24) is 0 Å². The van der Waals surface area contributed by atoms with E-state index in [1.165, 1.54) is 48.8 Å². The molecule has 0 amide bonds. The molecule has 17 heavy (non-hydrogen) atoms. The normalized spacial score (nSPS) is 19.2. The molecule has 0 saturated heterocycles. The quantitative estimate of drug-likeness (QED) is 0.842. The van der Waals surface area contributed by atoms with Gasteiger partial charge in [0.25, 0.3) is 0 Å². The predicted molar refractivity (Wildman–Crippen MR) is 74.2 cm³/mol. The molecule has 94 valence electrons. The monoisotopic (exact) mass is 231 g/mol. The summed E-state index contributed by atoms with van der Waals surface area (Å²) in [5.41, 5.74) is 10.7. The molecule has 1 heteroatoms. The largest absolute Gasteiger partial charge is 0.327 e. The number of hydrogen-bond donors (Lipinski definition) is 1. The van der Waals surface area contributed by atoms with Crippen LogP contribution in [0.4, 0.5) is 0 Å². The summed E-state index contributed by atoms with van der Waals surface area (Å²) in [6, 6.07) is 6.90. The first-order valence-electron chi connectivity index (χ1n) is 6.99. The molecule has 2 rings (SSSR count). The fourth-order valence-corrected chi connectivity index (χ4v) is 3.14. The van der Waals surface area contributed by atoms with Gasteiger partial charge in [0.15, 0.2) is 0 Å². The summed E-state index contributed by atoms with van der Waals surface area (Å²) in [4.78, 5) is 0. The van der Waals surface area contributed by atoms with Gasteiger partial charge in [-0.15, -0.1) is 0 Å². The molecule has 0 radical (unpaired) electrons. The first-order chi connectivity index (χ1) is 8.18. The maximum Gasteiger partial charge on any atom is 0.0108 e. The Balaban J connectivity index is 2.04. The molecule has 1 saturated carbocycles. The number of aryl methyl sites for hydroxylation is 2. The van der Waals surface area contributed by atoms with Crippen molar-refractivity contribution in [3.05, 3.63) is 34.9 Å². The Morgan fingerprint density at radius 3 is 2.29 bits per heavy atom. The van der Waals surface area contributed by atoms with Crippen LogP contribution in [0, 0.1) is 19.8 Å². The first-order valence-corrected chi connectivity index (χ1v) is 6.99. The molecule has 2 N–H and O–H groups in total. The fourth-order valence-electron chi connectivity index (χ4n) is 3.14. The molecule has 1 aliphatic carbocycles. The van der Waals surface area contributed by atoms with Gasteiger partial charge in [-0.25, -0.2) is 0 Å². The van der Waals surface area contributed by atoms with Crippen molar-refractivity contribution in [2.75, 3.05) is 0 Å². The molecule has 0 aromatic heterocycles. The molecule has 1 nitrogen and oxygen atoms in total. The van der Waals surface area contributed by atoms with E-state index in [9.17, 15) is 0 Å². The Bertz CT molecular complexity index is 344. The van der Waals surface area contributed by atoms with Crippen molar-refractivity contribution < 1.29 is 0 Å². The molecule has 0 bridgehead atoms. The van der Waals surface area contributed by atoms with E-state index in [2.05, 4.69) is 32.0 Å². The summed E-state index contributed by atoms with van der Waals surface area (Å²) < 4.78 is 0. The van der Waals surface area contributed by atoms with E-state index in [0.717, 1.165) is 12.3 Å².